The smallest absolute Gasteiger partial charge is 0.181 e. The van der Waals surface area contributed by atoms with E-state index in [1.54, 1.807) is 0 Å². The van der Waals surface area contributed by atoms with E-state index in [1.807, 2.05) is 32.0 Å². The van der Waals surface area contributed by atoms with Crippen molar-refractivity contribution in [3.05, 3.63) is 34.6 Å². The second kappa shape index (κ2) is 4.03. The summed E-state index contributed by atoms with van der Waals surface area (Å²) >= 11 is 5.94. The molecule has 0 unspecified atom stereocenters. The number of halogens is 1. The molecule has 1 aromatic heterocycles. The molecule has 1 heterocycles. The van der Waals surface area contributed by atoms with Crippen molar-refractivity contribution >= 4 is 11.6 Å². The van der Waals surface area contributed by atoms with E-state index >= 15 is 0 Å². The van der Waals surface area contributed by atoms with Crippen LogP contribution in [-0.4, -0.2) is 15.2 Å². The Bertz CT molecular complexity index is 476. The van der Waals surface area contributed by atoms with Crippen molar-refractivity contribution in [3.8, 4) is 11.4 Å². The van der Waals surface area contributed by atoms with Gasteiger partial charge in [-0.25, -0.2) is 4.98 Å². The van der Waals surface area contributed by atoms with E-state index in [4.69, 9.17) is 11.6 Å². The topological polar surface area (TPSA) is 41.6 Å². The zero-order chi connectivity index (χ0) is 10.8. The van der Waals surface area contributed by atoms with Gasteiger partial charge in [-0.1, -0.05) is 24.6 Å². The number of H-pyrrole nitrogens is 1. The highest BCUT2D eigenvalue weighted by Crippen LogP contribution is 2.23. The molecule has 2 aromatic rings. The van der Waals surface area contributed by atoms with E-state index in [0.29, 0.717) is 10.8 Å². The van der Waals surface area contributed by atoms with Crippen LogP contribution in [0.4, 0.5) is 0 Å². The molecular formula is C11H12ClN3. The molecule has 0 radical (unpaired) electrons. The first kappa shape index (κ1) is 10.2. The van der Waals surface area contributed by atoms with E-state index in [9.17, 15) is 0 Å². The van der Waals surface area contributed by atoms with Crippen LogP contribution >= 0.6 is 11.6 Å². The monoisotopic (exact) mass is 221 g/mol. The molecule has 0 amide bonds. The summed E-state index contributed by atoms with van der Waals surface area (Å²) in [5.74, 6) is 1.61. The van der Waals surface area contributed by atoms with Crippen LogP contribution in [0.25, 0.3) is 11.4 Å². The van der Waals surface area contributed by atoms with Gasteiger partial charge >= 0.3 is 0 Å². The Kier molecular flexibility index (Phi) is 2.73. The molecule has 0 bridgehead atoms. The molecule has 0 aliphatic carbocycles. The Balaban J connectivity index is 2.48. The predicted molar refractivity (Wildman–Crippen MR) is 60.9 cm³/mol. The fraction of sp³-hybridized carbons (Fsp3) is 0.273. The summed E-state index contributed by atoms with van der Waals surface area (Å²) in [6.45, 7) is 4.06. The molecule has 0 aliphatic rings. The number of nitrogens with zero attached hydrogens (tertiary/aromatic N) is 2. The molecule has 0 spiro atoms. The third kappa shape index (κ3) is 2.02. The van der Waals surface area contributed by atoms with Gasteiger partial charge in [-0.15, -0.1) is 0 Å². The fourth-order valence-electron chi connectivity index (χ4n) is 1.41. The summed E-state index contributed by atoms with van der Waals surface area (Å²) < 4.78 is 0. The predicted octanol–water partition coefficient (Wildman–Crippen LogP) is 3.00. The van der Waals surface area contributed by atoms with Gasteiger partial charge in [0.2, 0.25) is 0 Å². The van der Waals surface area contributed by atoms with Gasteiger partial charge in [0, 0.05) is 17.0 Å². The lowest BCUT2D eigenvalue weighted by atomic mass is 10.1. The van der Waals surface area contributed by atoms with Crippen molar-refractivity contribution in [3.63, 3.8) is 0 Å². The van der Waals surface area contributed by atoms with E-state index in [1.165, 1.54) is 0 Å². The SMILES string of the molecule is CCc1nc(-c2cc(Cl)ccc2C)n[nH]1. The van der Waals surface area contributed by atoms with Crippen LogP contribution in [0.2, 0.25) is 5.02 Å². The van der Waals surface area contributed by atoms with Gasteiger partial charge in [0.05, 0.1) is 0 Å². The molecular weight excluding hydrogens is 210 g/mol. The largest absolute Gasteiger partial charge is 0.263 e. The molecule has 0 fully saturated rings. The normalized spacial score (nSPS) is 10.6. The van der Waals surface area contributed by atoms with Crippen molar-refractivity contribution < 1.29 is 0 Å². The minimum Gasteiger partial charge on any atom is -0.263 e. The summed E-state index contributed by atoms with van der Waals surface area (Å²) in [6.07, 6.45) is 0.854. The number of hydrogen-bond acceptors (Lipinski definition) is 2. The molecule has 1 N–H and O–H groups in total. The zero-order valence-electron chi connectivity index (χ0n) is 8.71. The number of aromatic amines is 1. The Hall–Kier alpha value is -1.35. The molecule has 0 saturated carbocycles. The fourth-order valence-corrected chi connectivity index (χ4v) is 1.58. The van der Waals surface area contributed by atoms with E-state index in [0.717, 1.165) is 23.4 Å². The highest BCUT2D eigenvalue weighted by atomic mass is 35.5. The molecule has 0 aliphatic heterocycles. The standard InChI is InChI=1S/C11H12ClN3/c1-3-10-13-11(15-14-10)9-6-8(12)5-4-7(9)2/h4-6H,3H2,1-2H3,(H,13,14,15). The number of hydrogen-bond donors (Lipinski definition) is 1. The second-order valence-corrected chi connectivity index (χ2v) is 3.85. The first-order chi connectivity index (χ1) is 7.20. The third-order valence-electron chi connectivity index (χ3n) is 2.31. The molecule has 4 heteroatoms. The summed E-state index contributed by atoms with van der Waals surface area (Å²) in [4.78, 5) is 4.38. The summed E-state index contributed by atoms with van der Waals surface area (Å²) in [6, 6.07) is 5.73. The maximum Gasteiger partial charge on any atom is 0.181 e. The van der Waals surface area contributed by atoms with Gasteiger partial charge in [-0.3, -0.25) is 5.10 Å². The second-order valence-electron chi connectivity index (χ2n) is 3.42. The molecule has 3 nitrogen and oxygen atoms in total. The Morgan fingerprint density at radius 2 is 2.20 bits per heavy atom. The maximum absolute atomic E-state index is 5.94. The summed E-state index contributed by atoms with van der Waals surface area (Å²) in [5, 5.41) is 7.77. The van der Waals surface area contributed by atoms with Gasteiger partial charge in [0.25, 0.3) is 0 Å². The Morgan fingerprint density at radius 3 is 2.87 bits per heavy atom. The lowest BCUT2D eigenvalue weighted by molar-refractivity contribution is 0.946. The van der Waals surface area contributed by atoms with Crippen molar-refractivity contribution in [2.75, 3.05) is 0 Å². The third-order valence-corrected chi connectivity index (χ3v) is 2.54. The lowest BCUT2D eigenvalue weighted by Gasteiger charge is -2.00. The quantitative estimate of drug-likeness (QED) is 0.847. The van der Waals surface area contributed by atoms with Crippen LogP contribution in [0.1, 0.15) is 18.3 Å². The van der Waals surface area contributed by atoms with Gasteiger partial charge in [-0.05, 0) is 24.6 Å². The van der Waals surface area contributed by atoms with E-state index < -0.39 is 0 Å². The number of aryl methyl sites for hydroxylation is 2. The average molecular weight is 222 g/mol. The minimum absolute atomic E-state index is 0.707. The minimum atomic E-state index is 0.707. The molecule has 15 heavy (non-hydrogen) atoms. The van der Waals surface area contributed by atoms with Crippen LogP contribution in [0.5, 0.6) is 0 Å². The zero-order valence-corrected chi connectivity index (χ0v) is 9.47. The Morgan fingerprint density at radius 1 is 1.40 bits per heavy atom. The average Bonchev–Trinajstić information content (AvgIpc) is 2.70. The van der Waals surface area contributed by atoms with Crippen molar-refractivity contribution in [1.82, 2.24) is 15.2 Å². The summed E-state index contributed by atoms with van der Waals surface area (Å²) in [5.41, 5.74) is 2.11. The van der Waals surface area contributed by atoms with E-state index in [2.05, 4.69) is 15.2 Å². The number of rotatable bonds is 2. The first-order valence-electron chi connectivity index (χ1n) is 4.88. The van der Waals surface area contributed by atoms with Crippen LogP contribution in [-0.2, 0) is 6.42 Å². The molecule has 0 atom stereocenters. The molecule has 78 valence electrons. The van der Waals surface area contributed by atoms with Crippen LogP contribution in [0, 0.1) is 6.92 Å². The first-order valence-corrected chi connectivity index (χ1v) is 5.26. The maximum atomic E-state index is 5.94. The number of nitrogens with one attached hydrogen (secondary N) is 1. The van der Waals surface area contributed by atoms with Gasteiger partial charge < -0.3 is 0 Å². The van der Waals surface area contributed by atoms with Crippen molar-refractivity contribution in [1.29, 1.82) is 0 Å². The molecule has 2 rings (SSSR count). The van der Waals surface area contributed by atoms with Crippen LogP contribution in [0.15, 0.2) is 18.2 Å². The van der Waals surface area contributed by atoms with Crippen molar-refractivity contribution in [2.24, 2.45) is 0 Å². The van der Waals surface area contributed by atoms with Gasteiger partial charge in [0.1, 0.15) is 5.82 Å². The van der Waals surface area contributed by atoms with E-state index in [-0.39, 0.29) is 0 Å². The van der Waals surface area contributed by atoms with Crippen LogP contribution in [0.3, 0.4) is 0 Å². The lowest BCUT2D eigenvalue weighted by Crippen LogP contribution is -1.86. The highest BCUT2D eigenvalue weighted by Gasteiger charge is 2.08. The number of benzene rings is 1. The Labute approximate surface area is 93.5 Å². The van der Waals surface area contributed by atoms with Gasteiger partial charge in [0.15, 0.2) is 5.82 Å². The van der Waals surface area contributed by atoms with Crippen molar-refractivity contribution in [2.45, 2.75) is 20.3 Å². The van der Waals surface area contributed by atoms with Gasteiger partial charge in [-0.2, -0.15) is 5.10 Å². The number of aromatic nitrogens is 3. The molecule has 1 aromatic carbocycles. The van der Waals surface area contributed by atoms with Crippen LogP contribution < -0.4 is 0 Å². The molecule has 0 saturated heterocycles. The summed E-state index contributed by atoms with van der Waals surface area (Å²) in [7, 11) is 0. The highest BCUT2D eigenvalue weighted by molar-refractivity contribution is 6.30.